The first kappa shape index (κ1) is 13.2. The Kier molecular flexibility index (Phi) is 3.77. The second-order valence-corrected chi connectivity index (χ2v) is 5.72. The Morgan fingerprint density at radius 3 is 2.67 bits per heavy atom. The minimum atomic E-state index is -0.927. The molecule has 0 aliphatic rings. The molecule has 1 heterocycles. The molecule has 1 N–H and O–H groups in total. The van der Waals surface area contributed by atoms with Gasteiger partial charge >= 0.3 is 5.97 Å². The number of halogens is 1. The van der Waals surface area contributed by atoms with Crippen molar-refractivity contribution >= 4 is 33.7 Å². The van der Waals surface area contributed by atoms with E-state index in [0.717, 1.165) is 20.1 Å². The monoisotopic (exact) mass is 326 g/mol. The predicted molar refractivity (Wildman–Crippen MR) is 73.2 cm³/mol. The lowest BCUT2D eigenvalue weighted by Gasteiger charge is -2.05. The van der Waals surface area contributed by atoms with Gasteiger partial charge in [0.15, 0.2) is 0 Å². The van der Waals surface area contributed by atoms with Crippen LogP contribution in [-0.2, 0) is 7.05 Å². The average molecular weight is 327 g/mol. The number of hydrogen-bond donors (Lipinski definition) is 1. The molecule has 18 heavy (non-hydrogen) atoms. The van der Waals surface area contributed by atoms with Crippen molar-refractivity contribution in [3.8, 4) is 0 Å². The van der Waals surface area contributed by atoms with E-state index in [1.807, 2.05) is 20.0 Å². The topological polar surface area (TPSA) is 55.1 Å². The van der Waals surface area contributed by atoms with Gasteiger partial charge < -0.3 is 5.11 Å². The molecule has 0 atom stereocenters. The number of hydrogen-bond acceptors (Lipinski definition) is 3. The van der Waals surface area contributed by atoms with Crippen molar-refractivity contribution in [2.75, 3.05) is 0 Å². The lowest BCUT2D eigenvalue weighted by molar-refractivity contribution is 0.0696. The lowest BCUT2D eigenvalue weighted by atomic mass is 10.2. The van der Waals surface area contributed by atoms with Crippen LogP contribution in [0.5, 0.6) is 0 Å². The second-order valence-electron chi connectivity index (χ2n) is 3.80. The van der Waals surface area contributed by atoms with Crippen molar-refractivity contribution in [1.82, 2.24) is 9.78 Å². The molecule has 6 heteroatoms. The quantitative estimate of drug-likeness (QED) is 0.939. The van der Waals surface area contributed by atoms with Crippen LogP contribution in [0.15, 0.2) is 38.7 Å². The Balaban J connectivity index is 2.30. The van der Waals surface area contributed by atoms with Crippen LogP contribution in [0, 0.1) is 6.92 Å². The number of aromatic nitrogens is 2. The van der Waals surface area contributed by atoms with Crippen LogP contribution in [0.25, 0.3) is 0 Å². The summed E-state index contributed by atoms with van der Waals surface area (Å²) >= 11 is 4.93. The highest BCUT2D eigenvalue weighted by molar-refractivity contribution is 9.10. The van der Waals surface area contributed by atoms with Gasteiger partial charge in [-0.15, -0.1) is 0 Å². The Bertz CT molecular complexity index is 610. The molecule has 1 aromatic carbocycles. The van der Waals surface area contributed by atoms with Crippen molar-refractivity contribution in [3.05, 3.63) is 40.0 Å². The summed E-state index contributed by atoms with van der Waals surface area (Å²) in [6, 6.07) is 6.98. The maximum absolute atomic E-state index is 10.8. The molecule has 94 valence electrons. The van der Waals surface area contributed by atoms with E-state index in [9.17, 15) is 4.79 Å². The van der Waals surface area contributed by atoms with Gasteiger partial charge in [-0.2, -0.15) is 5.10 Å². The summed E-state index contributed by atoms with van der Waals surface area (Å²) in [5, 5.41) is 14.2. The third kappa shape index (κ3) is 2.76. The van der Waals surface area contributed by atoms with Gasteiger partial charge in [0.1, 0.15) is 0 Å². The first-order valence-corrected chi connectivity index (χ1v) is 6.79. The van der Waals surface area contributed by atoms with E-state index in [1.165, 1.54) is 0 Å². The Morgan fingerprint density at radius 1 is 1.44 bits per heavy atom. The van der Waals surface area contributed by atoms with E-state index in [1.54, 1.807) is 34.6 Å². The van der Waals surface area contributed by atoms with Crippen LogP contribution in [-0.4, -0.2) is 20.9 Å². The highest BCUT2D eigenvalue weighted by Crippen LogP contribution is 2.34. The van der Waals surface area contributed by atoms with Crippen LogP contribution in [0.2, 0.25) is 0 Å². The molecule has 0 fully saturated rings. The zero-order valence-corrected chi connectivity index (χ0v) is 12.2. The number of carboxylic acid groups (broad SMARTS) is 1. The van der Waals surface area contributed by atoms with Crippen molar-refractivity contribution < 1.29 is 9.90 Å². The maximum atomic E-state index is 10.8. The molecule has 0 spiro atoms. The van der Waals surface area contributed by atoms with Crippen molar-refractivity contribution in [2.24, 2.45) is 7.05 Å². The largest absolute Gasteiger partial charge is 0.478 e. The Hall–Kier alpha value is -1.27. The highest BCUT2D eigenvalue weighted by atomic mass is 79.9. The molecule has 1 aromatic heterocycles. The van der Waals surface area contributed by atoms with Crippen LogP contribution < -0.4 is 0 Å². The fraction of sp³-hybridized carbons (Fsp3) is 0.167. The summed E-state index contributed by atoms with van der Waals surface area (Å²) in [6.07, 6.45) is 0. The van der Waals surface area contributed by atoms with E-state index in [4.69, 9.17) is 5.11 Å². The molecule has 0 amide bonds. The second kappa shape index (κ2) is 5.16. The Labute approximate surface area is 117 Å². The molecule has 2 rings (SSSR count). The van der Waals surface area contributed by atoms with Gasteiger partial charge in [-0.3, -0.25) is 4.68 Å². The van der Waals surface area contributed by atoms with Gasteiger partial charge in [-0.1, -0.05) is 11.8 Å². The van der Waals surface area contributed by atoms with E-state index >= 15 is 0 Å². The van der Waals surface area contributed by atoms with Gasteiger partial charge in [-0.05, 0) is 47.1 Å². The fourth-order valence-electron chi connectivity index (χ4n) is 1.51. The van der Waals surface area contributed by atoms with Crippen molar-refractivity contribution in [3.63, 3.8) is 0 Å². The maximum Gasteiger partial charge on any atom is 0.335 e. The predicted octanol–water partition coefficient (Wildman–Crippen LogP) is 3.34. The van der Waals surface area contributed by atoms with Crippen LogP contribution >= 0.6 is 27.7 Å². The van der Waals surface area contributed by atoms with E-state index in [-0.39, 0.29) is 5.56 Å². The molecule has 0 aliphatic carbocycles. The van der Waals surface area contributed by atoms with Crippen molar-refractivity contribution in [2.45, 2.75) is 16.8 Å². The lowest BCUT2D eigenvalue weighted by Crippen LogP contribution is -1.96. The van der Waals surface area contributed by atoms with Crippen LogP contribution in [0.3, 0.4) is 0 Å². The first-order chi connectivity index (χ1) is 8.47. The molecule has 0 bridgehead atoms. The molecule has 2 aromatic rings. The summed E-state index contributed by atoms with van der Waals surface area (Å²) in [6.45, 7) is 1.94. The molecule has 4 nitrogen and oxygen atoms in total. The summed E-state index contributed by atoms with van der Waals surface area (Å²) in [5.41, 5.74) is 1.23. The van der Waals surface area contributed by atoms with Gasteiger partial charge in [-0.25, -0.2) is 4.79 Å². The number of benzene rings is 1. The molecular formula is C12H11BrN2O2S. The number of aromatic carboxylic acids is 1. The minimum absolute atomic E-state index is 0.271. The zero-order valence-electron chi connectivity index (χ0n) is 9.85. The van der Waals surface area contributed by atoms with Gasteiger partial charge in [0.2, 0.25) is 0 Å². The molecule has 0 aliphatic heterocycles. The average Bonchev–Trinajstić information content (AvgIpc) is 2.60. The van der Waals surface area contributed by atoms with E-state index in [0.29, 0.717) is 0 Å². The minimum Gasteiger partial charge on any atom is -0.478 e. The van der Waals surface area contributed by atoms with E-state index in [2.05, 4.69) is 21.0 Å². The molecular weight excluding hydrogens is 316 g/mol. The van der Waals surface area contributed by atoms with Gasteiger partial charge in [0, 0.05) is 16.4 Å². The van der Waals surface area contributed by atoms with Crippen LogP contribution in [0.1, 0.15) is 16.1 Å². The third-order valence-corrected chi connectivity index (χ3v) is 4.44. The molecule has 0 radical (unpaired) electrons. The summed E-state index contributed by atoms with van der Waals surface area (Å²) < 4.78 is 2.57. The summed E-state index contributed by atoms with van der Waals surface area (Å²) in [7, 11) is 1.88. The summed E-state index contributed by atoms with van der Waals surface area (Å²) in [5.74, 6) is -0.927. The fourth-order valence-corrected chi connectivity index (χ4v) is 3.05. The number of aryl methyl sites for hydroxylation is 2. The Morgan fingerprint density at radius 2 is 2.17 bits per heavy atom. The molecule has 0 saturated carbocycles. The standard InChI is InChI=1S/C12H11BrN2O2S/c1-7-5-11(15(2)14-7)18-10-4-3-8(12(16)17)6-9(10)13/h3-6H,1-2H3,(H,16,17). The first-order valence-electron chi connectivity index (χ1n) is 5.18. The zero-order chi connectivity index (χ0) is 13.3. The highest BCUT2D eigenvalue weighted by Gasteiger charge is 2.10. The van der Waals surface area contributed by atoms with Crippen LogP contribution in [0.4, 0.5) is 0 Å². The summed E-state index contributed by atoms with van der Waals surface area (Å²) in [4.78, 5) is 11.8. The smallest absolute Gasteiger partial charge is 0.335 e. The normalized spacial score (nSPS) is 10.6. The third-order valence-electron chi connectivity index (χ3n) is 2.35. The molecule has 0 saturated heterocycles. The number of carboxylic acids is 1. The SMILES string of the molecule is Cc1cc(Sc2ccc(C(=O)O)cc2Br)n(C)n1. The van der Waals surface area contributed by atoms with Crippen molar-refractivity contribution in [1.29, 1.82) is 0 Å². The van der Waals surface area contributed by atoms with Gasteiger partial charge in [0.05, 0.1) is 16.3 Å². The number of rotatable bonds is 3. The van der Waals surface area contributed by atoms with E-state index < -0.39 is 5.97 Å². The number of nitrogens with zero attached hydrogens (tertiary/aromatic N) is 2. The molecule has 0 unspecified atom stereocenters. The number of carbonyl (C=O) groups is 1. The van der Waals surface area contributed by atoms with Gasteiger partial charge in [0.25, 0.3) is 0 Å².